The Morgan fingerprint density at radius 1 is 0.527 bits per heavy atom. The summed E-state index contributed by atoms with van der Waals surface area (Å²) in [6, 6.07) is 52.1. The number of nitrogens with zero attached hydrogens (tertiary/aromatic N) is 1. The minimum absolute atomic E-state index is 0.487. The van der Waals surface area contributed by atoms with E-state index in [1.165, 1.54) is 102 Å². The van der Waals surface area contributed by atoms with Crippen LogP contribution in [-0.4, -0.2) is 17.5 Å². The van der Waals surface area contributed by atoms with E-state index in [4.69, 9.17) is 0 Å². The topological polar surface area (TPSA) is 3.24 Å². The van der Waals surface area contributed by atoms with E-state index in [0.717, 1.165) is 0 Å². The van der Waals surface area contributed by atoms with Gasteiger partial charge in [-0.15, -0.1) is 0 Å². The van der Waals surface area contributed by atoms with Crippen molar-refractivity contribution in [1.29, 1.82) is 0 Å². The smallest absolute Gasteiger partial charge is 0.0450 e. The molecule has 1 saturated heterocycles. The minimum atomic E-state index is 0.487. The van der Waals surface area contributed by atoms with Crippen LogP contribution in [0.3, 0.4) is 0 Å². The van der Waals surface area contributed by atoms with Crippen molar-refractivity contribution in [2.75, 3.05) is 16.4 Å². The first-order chi connectivity index (χ1) is 26.9. The van der Waals surface area contributed by atoms with Crippen LogP contribution in [0.1, 0.15) is 73.5 Å². The summed E-state index contributed by atoms with van der Waals surface area (Å²) in [6.07, 6.45) is 14.6. The molecule has 0 N–H and O–H groups in total. The van der Waals surface area contributed by atoms with Gasteiger partial charge in [0.05, 0.1) is 0 Å². The minimum Gasteiger partial charge on any atom is -0.337 e. The van der Waals surface area contributed by atoms with Crippen LogP contribution >= 0.6 is 11.8 Å². The lowest BCUT2D eigenvalue weighted by molar-refractivity contribution is 0.572. The summed E-state index contributed by atoms with van der Waals surface area (Å²) in [5.41, 5.74) is 19.1. The van der Waals surface area contributed by atoms with Crippen LogP contribution in [0.2, 0.25) is 0 Å². The molecule has 2 aliphatic rings. The summed E-state index contributed by atoms with van der Waals surface area (Å²) < 4.78 is 0. The van der Waals surface area contributed by atoms with Gasteiger partial charge in [-0.3, -0.25) is 0 Å². The molecular weight excluding hydrogens is 683 g/mol. The molecule has 2 aliphatic heterocycles. The van der Waals surface area contributed by atoms with E-state index in [1.54, 1.807) is 0 Å². The van der Waals surface area contributed by atoms with Crippen LogP contribution in [0, 0.1) is 27.7 Å². The predicted octanol–water partition coefficient (Wildman–Crippen LogP) is 14.0. The van der Waals surface area contributed by atoms with Crippen molar-refractivity contribution in [2.45, 2.75) is 46.1 Å². The maximum absolute atomic E-state index is 2.63. The molecule has 6 aromatic rings. The first-order valence-corrected chi connectivity index (χ1v) is 20.7. The van der Waals surface area contributed by atoms with Gasteiger partial charge in [-0.05, 0) is 114 Å². The van der Waals surface area contributed by atoms with Crippen molar-refractivity contribution in [2.24, 2.45) is 0 Å². The average Bonchev–Trinajstić information content (AvgIpc) is 3.54. The Bertz CT molecular complexity index is 2280. The molecule has 8 rings (SSSR count). The van der Waals surface area contributed by atoms with Crippen molar-refractivity contribution >= 4 is 46.4 Å². The number of anilines is 2. The van der Waals surface area contributed by atoms with Gasteiger partial charge in [0, 0.05) is 29.1 Å². The Morgan fingerprint density at radius 2 is 0.964 bits per heavy atom. The fourth-order valence-corrected chi connectivity index (χ4v) is 9.17. The first kappa shape index (κ1) is 36.4. The molecule has 0 bridgehead atoms. The zero-order valence-electron chi connectivity index (χ0n) is 32.4. The number of benzene rings is 6. The maximum Gasteiger partial charge on any atom is 0.0450 e. The van der Waals surface area contributed by atoms with Crippen molar-refractivity contribution in [3.05, 3.63) is 225 Å². The molecular formula is C53H49NS. The highest BCUT2D eigenvalue weighted by Gasteiger charge is 2.40. The lowest BCUT2D eigenvalue weighted by Crippen LogP contribution is -2.34. The Balaban J connectivity index is 1.04. The highest BCUT2D eigenvalue weighted by Crippen LogP contribution is 2.50. The SMILES string of the molecule is Cc1ccc(C(=CC=Cc2ccc(N3c4ccc(C=CC=C(c5ccc(C)cc5)c5ccc(C)cc5)cc4C4CSCCC43)cc2)c2ccc(C)cc2)cc1. The maximum atomic E-state index is 2.63. The number of rotatable bonds is 9. The molecule has 2 unspecified atom stereocenters. The van der Waals surface area contributed by atoms with E-state index >= 15 is 0 Å². The molecule has 0 spiro atoms. The van der Waals surface area contributed by atoms with Gasteiger partial charge in [-0.2, -0.15) is 11.8 Å². The Labute approximate surface area is 332 Å². The summed E-state index contributed by atoms with van der Waals surface area (Å²) in [7, 11) is 0. The number of hydrogen-bond acceptors (Lipinski definition) is 2. The van der Waals surface area contributed by atoms with Crippen LogP contribution in [0.4, 0.5) is 11.4 Å². The summed E-state index contributed by atoms with van der Waals surface area (Å²) in [5.74, 6) is 2.91. The third-order valence-corrected chi connectivity index (χ3v) is 12.2. The standard InChI is InChI=1S/C53H49NS/c1-37-11-22-43(23-12-37)48(44-24-13-38(2)14-25-44)9-5-7-41-19-30-47(31-20-41)54-52-32-21-42(35-50(52)51-36-55-34-33-53(51)54)8-6-10-49(45-26-15-39(3)16-27-45)46-28-17-40(4)18-29-46/h5-32,35,51,53H,33-34,36H2,1-4H3. The van der Waals surface area contributed by atoms with Gasteiger partial charge < -0.3 is 4.90 Å². The second-order valence-electron chi connectivity index (χ2n) is 15.2. The van der Waals surface area contributed by atoms with Crippen LogP contribution in [0.15, 0.2) is 164 Å². The number of fused-ring (bicyclic) bond motifs is 3. The molecule has 272 valence electrons. The molecule has 1 fully saturated rings. The second kappa shape index (κ2) is 16.4. The van der Waals surface area contributed by atoms with Gasteiger partial charge in [0.1, 0.15) is 0 Å². The largest absolute Gasteiger partial charge is 0.337 e. The summed E-state index contributed by atoms with van der Waals surface area (Å²) in [5, 5.41) is 0. The van der Waals surface area contributed by atoms with Gasteiger partial charge in [0.2, 0.25) is 0 Å². The lowest BCUT2D eigenvalue weighted by Gasteiger charge is -2.33. The zero-order chi connectivity index (χ0) is 37.7. The Kier molecular flexibility index (Phi) is 10.9. The molecule has 2 heteroatoms. The summed E-state index contributed by atoms with van der Waals surface area (Å²) in [4.78, 5) is 2.63. The van der Waals surface area contributed by atoms with Gasteiger partial charge in [-0.1, -0.05) is 174 Å². The zero-order valence-corrected chi connectivity index (χ0v) is 33.2. The highest BCUT2D eigenvalue weighted by molar-refractivity contribution is 7.99. The molecule has 0 radical (unpaired) electrons. The number of allylic oxidation sites excluding steroid dienone is 4. The molecule has 0 amide bonds. The van der Waals surface area contributed by atoms with E-state index in [9.17, 15) is 0 Å². The van der Waals surface area contributed by atoms with Crippen LogP contribution in [0.25, 0.3) is 23.3 Å². The van der Waals surface area contributed by atoms with Crippen molar-refractivity contribution in [3.8, 4) is 0 Å². The van der Waals surface area contributed by atoms with Crippen molar-refractivity contribution in [1.82, 2.24) is 0 Å². The van der Waals surface area contributed by atoms with E-state index < -0.39 is 0 Å². The van der Waals surface area contributed by atoms with E-state index in [0.29, 0.717) is 12.0 Å². The number of aryl methyl sites for hydroxylation is 4. The van der Waals surface area contributed by atoms with Gasteiger partial charge in [0.15, 0.2) is 0 Å². The molecule has 0 aromatic heterocycles. The average molecular weight is 732 g/mol. The number of thioether (sulfide) groups is 1. The Morgan fingerprint density at radius 3 is 1.44 bits per heavy atom. The molecule has 1 nitrogen and oxygen atoms in total. The third kappa shape index (κ3) is 8.26. The van der Waals surface area contributed by atoms with Crippen LogP contribution < -0.4 is 4.90 Å². The van der Waals surface area contributed by atoms with Gasteiger partial charge >= 0.3 is 0 Å². The second-order valence-corrected chi connectivity index (χ2v) is 16.3. The summed E-state index contributed by atoms with van der Waals surface area (Å²) in [6.45, 7) is 8.57. The fourth-order valence-electron chi connectivity index (χ4n) is 7.94. The highest BCUT2D eigenvalue weighted by atomic mass is 32.2. The quantitative estimate of drug-likeness (QED) is 0.136. The normalized spacial score (nSPS) is 16.3. The molecule has 2 heterocycles. The van der Waals surface area contributed by atoms with Crippen LogP contribution in [-0.2, 0) is 0 Å². The predicted molar refractivity (Wildman–Crippen MR) is 240 cm³/mol. The van der Waals surface area contributed by atoms with E-state index in [-0.39, 0.29) is 0 Å². The monoisotopic (exact) mass is 731 g/mol. The van der Waals surface area contributed by atoms with Crippen LogP contribution in [0.5, 0.6) is 0 Å². The van der Waals surface area contributed by atoms with Gasteiger partial charge in [-0.25, -0.2) is 0 Å². The molecule has 6 aromatic carbocycles. The van der Waals surface area contributed by atoms with Gasteiger partial charge in [0.25, 0.3) is 0 Å². The van der Waals surface area contributed by atoms with E-state index in [2.05, 4.69) is 220 Å². The molecule has 2 atom stereocenters. The van der Waals surface area contributed by atoms with E-state index in [1.807, 2.05) is 0 Å². The molecule has 0 saturated carbocycles. The number of hydrogen-bond donors (Lipinski definition) is 0. The molecule has 0 aliphatic carbocycles. The van der Waals surface area contributed by atoms with Crippen molar-refractivity contribution in [3.63, 3.8) is 0 Å². The Hall–Kier alpha value is -5.57. The summed E-state index contributed by atoms with van der Waals surface area (Å²) >= 11 is 2.10. The third-order valence-electron chi connectivity index (χ3n) is 11.1. The first-order valence-electron chi connectivity index (χ1n) is 19.6. The molecule has 55 heavy (non-hydrogen) atoms. The lowest BCUT2D eigenvalue weighted by atomic mass is 9.93. The fraction of sp³-hybridized carbons (Fsp3) is 0.170. The van der Waals surface area contributed by atoms with Crippen molar-refractivity contribution < 1.29 is 0 Å².